The summed E-state index contributed by atoms with van der Waals surface area (Å²) >= 11 is 0. The molecule has 0 unspecified atom stereocenters. The molecule has 6 heteroatoms. The minimum atomic E-state index is -2.79. The third-order valence-corrected chi connectivity index (χ3v) is 5.16. The largest absolute Gasteiger partial charge is 0.311 e. The highest BCUT2D eigenvalue weighted by molar-refractivity contribution is 5.77. The van der Waals surface area contributed by atoms with Gasteiger partial charge in [-0.3, -0.25) is 9.36 Å². The van der Waals surface area contributed by atoms with Gasteiger partial charge in [0.05, 0.1) is 17.4 Å². The summed E-state index contributed by atoms with van der Waals surface area (Å²) in [4.78, 5) is 17.5. The first-order valence-electron chi connectivity index (χ1n) is 9.07. The Balaban J connectivity index is 2.17. The first-order chi connectivity index (χ1) is 12.0. The predicted octanol–water partition coefficient (Wildman–Crippen LogP) is 3.54. The molecule has 1 saturated heterocycles. The van der Waals surface area contributed by atoms with Crippen molar-refractivity contribution in [3.8, 4) is 0 Å². The highest BCUT2D eigenvalue weighted by atomic mass is 19.3. The van der Waals surface area contributed by atoms with Gasteiger partial charge in [-0.1, -0.05) is 25.5 Å². The van der Waals surface area contributed by atoms with E-state index in [9.17, 15) is 13.6 Å². The number of benzene rings is 1. The summed E-state index contributed by atoms with van der Waals surface area (Å²) < 4.78 is 30.8. The van der Waals surface area contributed by atoms with Gasteiger partial charge in [0, 0.05) is 18.4 Å². The van der Waals surface area contributed by atoms with Crippen molar-refractivity contribution in [3.63, 3.8) is 0 Å². The number of nitrogens with zero attached hydrogens (tertiary/aromatic N) is 2. The molecule has 3 rings (SSSR count). The first kappa shape index (κ1) is 18.0. The molecule has 1 aliphatic rings. The average molecular weight is 349 g/mol. The van der Waals surface area contributed by atoms with Crippen LogP contribution in [0.15, 0.2) is 29.1 Å². The molecule has 0 saturated carbocycles. The Hall–Kier alpha value is -1.82. The lowest BCUT2D eigenvalue weighted by atomic mass is 9.79. The van der Waals surface area contributed by atoms with E-state index in [1.807, 2.05) is 19.9 Å². The molecule has 2 atom stereocenters. The number of rotatable bonds is 5. The van der Waals surface area contributed by atoms with Gasteiger partial charge in [0.2, 0.25) is 0 Å². The summed E-state index contributed by atoms with van der Waals surface area (Å²) in [6, 6.07) is 7.15. The Morgan fingerprint density at radius 3 is 2.80 bits per heavy atom. The van der Waals surface area contributed by atoms with Gasteiger partial charge in [-0.25, -0.2) is 13.8 Å². The lowest BCUT2D eigenvalue weighted by Gasteiger charge is -2.37. The predicted molar refractivity (Wildman–Crippen MR) is 95.2 cm³/mol. The summed E-state index contributed by atoms with van der Waals surface area (Å²) in [5.74, 6) is -3.49. The molecule has 25 heavy (non-hydrogen) atoms. The van der Waals surface area contributed by atoms with E-state index in [4.69, 9.17) is 0 Å². The quantitative estimate of drug-likeness (QED) is 0.898. The molecule has 1 fully saturated rings. The third kappa shape index (κ3) is 3.32. The maximum absolute atomic E-state index is 14.6. The maximum atomic E-state index is 14.6. The van der Waals surface area contributed by atoms with Crippen LogP contribution in [0.1, 0.15) is 44.9 Å². The van der Waals surface area contributed by atoms with Crippen LogP contribution >= 0.6 is 0 Å². The van der Waals surface area contributed by atoms with E-state index >= 15 is 0 Å². The minimum Gasteiger partial charge on any atom is -0.311 e. The van der Waals surface area contributed by atoms with E-state index in [2.05, 4.69) is 10.3 Å². The highest BCUT2D eigenvalue weighted by Crippen LogP contribution is 2.42. The standard InChI is InChI=1S/C19H25F2N3O/c1-3-7-13(15-10-11-22-12-19(15,20)21)17-23-16-9-6-5-8-14(16)18(25)24(17)4-2/h5-6,8-9,13,15,22H,3-4,7,10-12H2,1-2H3/t13-,15+/m1/s1. The van der Waals surface area contributed by atoms with Gasteiger partial charge in [-0.15, -0.1) is 0 Å². The lowest BCUT2D eigenvalue weighted by molar-refractivity contribution is -0.0853. The zero-order valence-corrected chi connectivity index (χ0v) is 14.8. The number of para-hydroxylation sites is 1. The molecule has 0 aliphatic carbocycles. The van der Waals surface area contributed by atoms with Crippen molar-refractivity contribution in [1.29, 1.82) is 0 Å². The molecule has 1 aliphatic heterocycles. The number of nitrogens with one attached hydrogen (secondary N) is 1. The van der Waals surface area contributed by atoms with Crippen molar-refractivity contribution in [3.05, 3.63) is 40.4 Å². The molecule has 1 aromatic heterocycles. The van der Waals surface area contributed by atoms with E-state index in [1.165, 1.54) is 0 Å². The average Bonchev–Trinajstić information content (AvgIpc) is 2.60. The second-order valence-electron chi connectivity index (χ2n) is 6.76. The minimum absolute atomic E-state index is 0.138. The van der Waals surface area contributed by atoms with Gasteiger partial charge in [-0.05, 0) is 38.4 Å². The van der Waals surface area contributed by atoms with Crippen LogP contribution in [-0.2, 0) is 6.54 Å². The monoisotopic (exact) mass is 349 g/mol. The van der Waals surface area contributed by atoms with Gasteiger partial charge < -0.3 is 5.32 Å². The van der Waals surface area contributed by atoms with Crippen LogP contribution in [-0.4, -0.2) is 28.6 Å². The zero-order valence-electron chi connectivity index (χ0n) is 14.8. The van der Waals surface area contributed by atoms with Crippen LogP contribution in [0, 0.1) is 5.92 Å². The summed E-state index contributed by atoms with van der Waals surface area (Å²) in [6.45, 7) is 4.56. The summed E-state index contributed by atoms with van der Waals surface area (Å²) in [7, 11) is 0. The number of hydrogen-bond donors (Lipinski definition) is 1. The molecular formula is C19H25F2N3O. The molecule has 2 aromatic rings. The zero-order chi connectivity index (χ0) is 18.0. The molecule has 2 heterocycles. The van der Waals surface area contributed by atoms with Crippen molar-refractivity contribution in [2.45, 2.75) is 51.5 Å². The molecule has 0 radical (unpaired) electrons. The Bertz CT molecular complexity index is 803. The fourth-order valence-corrected chi connectivity index (χ4v) is 3.95. The second-order valence-corrected chi connectivity index (χ2v) is 6.76. The van der Waals surface area contributed by atoms with Crippen LogP contribution in [0.25, 0.3) is 10.9 Å². The molecule has 4 nitrogen and oxygen atoms in total. The topological polar surface area (TPSA) is 46.9 Å². The molecule has 1 aromatic carbocycles. The molecule has 0 bridgehead atoms. The second kappa shape index (κ2) is 7.20. The van der Waals surface area contributed by atoms with E-state index < -0.39 is 17.8 Å². The fourth-order valence-electron chi connectivity index (χ4n) is 3.95. The summed E-state index contributed by atoms with van der Waals surface area (Å²) in [5.41, 5.74) is 0.451. The van der Waals surface area contributed by atoms with E-state index in [-0.39, 0.29) is 12.1 Å². The van der Waals surface area contributed by atoms with Crippen molar-refractivity contribution in [1.82, 2.24) is 14.9 Å². The number of hydrogen-bond acceptors (Lipinski definition) is 3. The van der Waals surface area contributed by atoms with Crippen LogP contribution in [0.5, 0.6) is 0 Å². The van der Waals surface area contributed by atoms with Crippen molar-refractivity contribution < 1.29 is 8.78 Å². The fraction of sp³-hybridized carbons (Fsp3) is 0.579. The molecule has 0 amide bonds. The lowest BCUT2D eigenvalue weighted by Crippen LogP contribution is -2.49. The van der Waals surface area contributed by atoms with Gasteiger partial charge in [0.1, 0.15) is 5.82 Å². The molecular weight excluding hydrogens is 324 g/mol. The van der Waals surface area contributed by atoms with E-state index in [0.717, 1.165) is 6.42 Å². The summed E-state index contributed by atoms with van der Waals surface area (Å²) in [6.07, 6.45) is 1.77. The highest BCUT2D eigenvalue weighted by Gasteiger charge is 2.47. The molecule has 0 spiro atoms. The Morgan fingerprint density at radius 1 is 1.36 bits per heavy atom. The van der Waals surface area contributed by atoms with Gasteiger partial charge in [0.25, 0.3) is 11.5 Å². The van der Waals surface area contributed by atoms with E-state index in [0.29, 0.717) is 42.7 Å². The van der Waals surface area contributed by atoms with Crippen LogP contribution in [0.2, 0.25) is 0 Å². The SMILES string of the molecule is CCC[C@@H](c1nc2ccccc2c(=O)n1CC)[C@@H]1CCNCC1(F)F. The van der Waals surface area contributed by atoms with Crippen LogP contribution < -0.4 is 10.9 Å². The van der Waals surface area contributed by atoms with Gasteiger partial charge >= 0.3 is 0 Å². The number of piperidine rings is 1. The Labute approximate surface area is 146 Å². The number of alkyl halides is 2. The Morgan fingerprint density at radius 2 is 2.12 bits per heavy atom. The van der Waals surface area contributed by atoms with E-state index in [1.54, 1.807) is 22.8 Å². The van der Waals surface area contributed by atoms with Crippen molar-refractivity contribution in [2.75, 3.05) is 13.1 Å². The number of halogens is 2. The van der Waals surface area contributed by atoms with Crippen molar-refractivity contribution >= 4 is 10.9 Å². The van der Waals surface area contributed by atoms with Crippen LogP contribution in [0.3, 0.4) is 0 Å². The van der Waals surface area contributed by atoms with Crippen LogP contribution in [0.4, 0.5) is 8.78 Å². The normalized spacial score (nSPS) is 21.4. The maximum Gasteiger partial charge on any atom is 0.263 e. The van der Waals surface area contributed by atoms with Gasteiger partial charge in [-0.2, -0.15) is 0 Å². The first-order valence-corrected chi connectivity index (χ1v) is 9.07. The van der Waals surface area contributed by atoms with Gasteiger partial charge in [0.15, 0.2) is 0 Å². The molecule has 1 N–H and O–H groups in total. The smallest absolute Gasteiger partial charge is 0.263 e. The van der Waals surface area contributed by atoms with Crippen molar-refractivity contribution in [2.24, 2.45) is 5.92 Å². The number of aromatic nitrogens is 2. The summed E-state index contributed by atoms with van der Waals surface area (Å²) in [5, 5.41) is 3.33. The Kier molecular flexibility index (Phi) is 5.18. The number of fused-ring (bicyclic) bond motifs is 1. The molecule has 136 valence electrons. The third-order valence-electron chi connectivity index (χ3n) is 5.16.